The van der Waals surface area contributed by atoms with E-state index in [2.05, 4.69) is 10.3 Å². The maximum absolute atomic E-state index is 12.4. The zero-order valence-electron chi connectivity index (χ0n) is 12.9. The molecule has 0 aromatic carbocycles. The first-order chi connectivity index (χ1) is 11.2. The molecule has 3 heterocycles. The van der Waals surface area contributed by atoms with Gasteiger partial charge in [0, 0.05) is 36.8 Å². The summed E-state index contributed by atoms with van der Waals surface area (Å²) in [7, 11) is 0. The predicted molar refractivity (Wildman–Crippen MR) is 87.7 cm³/mol. The van der Waals surface area contributed by atoms with Gasteiger partial charge in [-0.05, 0) is 24.3 Å². The molecule has 1 aliphatic heterocycles. The van der Waals surface area contributed by atoms with Crippen LogP contribution >= 0.6 is 11.3 Å². The second-order valence-electron chi connectivity index (χ2n) is 5.60. The number of aromatic nitrogens is 2. The number of aryl methyl sites for hydroxylation is 1. The minimum Gasteiger partial charge on any atom is -0.354 e. The Balaban J connectivity index is 1.48. The molecule has 1 atom stereocenters. The van der Waals surface area contributed by atoms with E-state index in [4.69, 9.17) is 0 Å². The standard InChI is InChI=1S/C16H20N4O2S/c21-15-5-4-14(20(15)11-13-3-1-10-23-13)16(22)18-6-2-8-19-9-7-17-12-19/h1,3,7,9-10,12,14H,2,4-6,8,11H2,(H,18,22)/t14-/m1/s1. The Morgan fingerprint density at radius 2 is 2.39 bits per heavy atom. The molecule has 1 N–H and O–H groups in total. The smallest absolute Gasteiger partial charge is 0.242 e. The van der Waals surface area contributed by atoms with Gasteiger partial charge in [-0.25, -0.2) is 4.98 Å². The topological polar surface area (TPSA) is 67.2 Å². The molecule has 1 fully saturated rings. The SMILES string of the molecule is O=C(NCCCn1ccnc1)[C@H]1CCC(=O)N1Cc1cccs1. The van der Waals surface area contributed by atoms with Crippen LogP contribution in [0.25, 0.3) is 0 Å². The quantitative estimate of drug-likeness (QED) is 0.784. The first kappa shape index (κ1) is 15.7. The van der Waals surface area contributed by atoms with Gasteiger partial charge in [0.25, 0.3) is 0 Å². The van der Waals surface area contributed by atoms with Gasteiger partial charge in [0.2, 0.25) is 11.8 Å². The van der Waals surface area contributed by atoms with Gasteiger partial charge in [0.05, 0.1) is 12.9 Å². The van der Waals surface area contributed by atoms with E-state index < -0.39 is 0 Å². The van der Waals surface area contributed by atoms with Crippen LogP contribution < -0.4 is 5.32 Å². The summed E-state index contributed by atoms with van der Waals surface area (Å²) in [5.74, 6) is 0.0232. The lowest BCUT2D eigenvalue weighted by Gasteiger charge is -2.23. The molecule has 6 nitrogen and oxygen atoms in total. The van der Waals surface area contributed by atoms with Crippen molar-refractivity contribution >= 4 is 23.2 Å². The van der Waals surface area contributed by atoms with Crippen molar-refractivity contribution in [3.63, 3.8) is 0 Å². The average molecular weight is 332 g/mol. The average Bonchev–Trinajstić information content (AvgIpc) is 3.28. The van der Waals surface area contributed by atoms with E-state index >= 15 is 0 Å². The van der Waals surface area contributed by atoms with Crippen molar-refractivity contribution in [3.05, 3.63) is 41.1 Å². The van der Waals surface area contributed by atoms with Gasteiger partial charge < -0.3 is 14.8 Å². The number of carbonyl (C=O) groups excluding carboxylic acids is 2. The molecule has 2 amide bonds. The number of thiophene rings is 1. The molecular formula is C16H20N4O2S. The van der Waals surface area contributed by atoms with Crippen LogP contribution in [-0.2, 0) is 22.7 Å². The first-order valence-electron chi connectivity index (χ1n) is 7.79. The van der Waals surface area contributed by atoms with Crippen molar-refractivity contribution in [1.82, 2.24) is 19.8 Å². The molecule has 0 spiro atoms. The minimum absolute atomic E-state index is 0.0435. The van der Waals surface area contributed by atoms with Gasteiger partial charge in [-0.15, -0.1) is 11.3 Å². The van der Waals surface area contributed by atoms with E-state index in [0.29, 0.717) is 25.9 Å². The Bertz CT molecular complexity index is 639. The van der Waals surface area contributed by atoms with Gasteiger partial charge in [-0.2, -0.15) is 0 Å². The van der Waals surface area contributed by atoms with E-state index in [0.717, 1.165) is 17.8 Å². The van der Waals surface area contributed by atoms with E-state index in [-0.39, 0.29) is 17.9 Å². The zero-order valence-corrected chi connectivity index (χ0v) is 13.7. The van der Waals surface area contributed by atoms with Gasteiger partial charge in [-0.1, -0.05) is 6.07 Å². The fourth-order valence-corrected chi connectivity index (χ4v) is 3.49. The van der Waals surface area contributed by atoms with Crippen LogP contribution in [0.5, 0.6) is 0 Å². The van der Waals surface area contributed by atoms with Crippen molar-refractivity contribution in [2.24, 2.45) is 0 Å². The van der Waals surface area contributed by atoms with Crippen LogP contribution in [0.1, 0.15) is 24.1 Å². The summed E-state index contributed by atoms with van der Waals surface area (Å²) in [6, 6.07) is 3.63. The molecule has 0 radical (unpaired) electrons. The maximum atomic E-state index is 12.4. The fraction of sp³-hybridized carbons (Fsp3) is 0.438. The van der Waals surface area contributed by atoms with Crippen molar-refractivity contribution in [1.29, 1.82) is 0 Å². The molecule has 1 saturated heterocycles. The third-order valence-corrected chi connectivity index (χ3v) is 4.85. The number of amides is 2. The summed E-state index contributed by atoms with van der Waals surface area (Å²) in [4.78, 5) is 31.2. The van der Waals surface area contributed by atoms with Gasteiger partial charge in [0.1, 0.15) is 6.04 Å². The third kappa shape index (κ3) is 3.98. The molecule has 23 heavy (non-hydrogen) atoms. The minimum atomic E-state index is -0.335. The molecule has 0 saturated carbocycles. The Hall–Kier alpha value is -2.15. The number of hydrogen-bond acceptors (Lipinski definition) is 4. The highest BCUT2D eigenvalue weighted by atomic mass is 32.1. The predicted octanol–water partition coefficient (Wildman–Crippen LogP) is 1.64. The second-order valence-corrected chi connectivity index (χ2v) is 6.63. The molecule has 122 valence electrons. The molecule has 1 aliphatic rings. The first-order valence-corrected chi connectivity index (χ1v) is 8.67. The summed E-state index contributed by atoms with van der Waals surface area (Å²) in [5.41, 5.74) is 0. The Morgan fingerprint density at radius 1 is 1.48 bits per heavy atom. The highest BCUT2D eigenvalue weighted by Crippen LogP contribution is 2.23. The lowest BCUT2D eigenvalue weighted by molar-refractivity contribution is -0.135. The van der Waals surface area contributed by atoms with Gasteiger partial charge in [0.15, 0.2) is 0 Å². The number of nitrogens with zero attached hydrogens (tertiary/aromatic N) is 3. The third-order valence-electron chi connectivity index (χ3n) is 3.99. The molecule has 0 aliphatic carbocycles. The number of imidazole rings is 1. The lowest BCUT2D eigenvalue weighted by Crippen LogP contribution is -2.44. The molecule has 0 bridgehead atoms. The monoisotopic (exact) mass is 332 g/mol. The van der Waals surface area contributed by atoms with E-state index in [1.807, 2.05) is 28.3 Å². The van der Waals surface area contributed by atoms with Crippen LogP contribution in [0.2, 0.25) is 0 Å². The zero-order chi connectivity index (χ0) is 16.1. The molecular weight excluding hydrogens is 312 g/mol. The number of likely N-dealkylation sites (tertiary alicyclic amines) is 1. The Labute approximate surface area is 139 Å². The largest absolute Gasteiger partial charge is 0.354 e. The van der Waals surface area contributed by atoms with Crippen molar-refractivity contribution in [2.75, 3.05) is 6.54 Å². The number of hydrogen-bond donors (Lipinski definition) is 1. The molecule has 2 aromatic rings. The van der Waals surface area contributed by atoms with Crippen LogP contribution in [0.3, 0.4) is 0 Å². The van der Waals surface area contributed by atoms with E-state index in [1.165, 1.54) is 0 Å². The van der Waals surface area contributed by atoms with Crippen molar-refractivity contribution in [2.45, 2.75) is 38.4 Å². The van der Waals surface area contributed by atoms with E-state index in [9.17, 15) is 9.59 Å². The van der Waals surface area contributed by atoms with Crippen LogP contribution in [-0.4, -0.2) is 38.9 Å². The van der Waals surface area contributed by atoms with Crippen LogP contribution in [0, 0.1) is 0 Å². The normalized spacial score (nSPS) is 17.7. The summed E-state index contributed by atoms with van der Waals surface area (Å²) in [6.45, 7) is 1.96. The van der Waals surface area contributed by atoms with Crippen LogP contribution in [0.4, 0.5) is 0 Å². The lowest BCUT2D eigenvalue weighted by atomic mass is 10.2. The molecule has 2 aromatic heterocycles. The van der Waals surface area contributed by atoms with Gasteiger partial charge >= 0.3 is 0 Å². The summed E-state index contributed by atoms with van der Waals surface area (Å²) < 4.78 is 1.98. The fourth-order valence-electron chi connectivity index (χ4n) is 2.78. The molecule has 7 heteroatoms. The van der Waals surface area contributed by atoms with E-state index in [1.54, 1.807) is 28.8 Å². The number of carbonyl (C=O) groups is 2. The molecule has 0 unspecified atom stereocenters. The second kappa shape index (κ2) is 7.41. The van der Waals surface area contributed by atoms with Crippen molar-refractivity contribution in [3.8, 4) is 0 Å². The van der Waals surface area contributed by atoms with Crippen LogP contribution in [0.15, 0.2) is 36.2 Å². The highest BCUT2D eigenvalue weighted by molar-refractivity contribution is 7.09. The summed E-state index contributed by atoms with van der Waals surface area (Å²) >= 11 is 1.61. The Morgan fingerprint density at radius 3 is 3.13 bits per heavy atom. The Kier molecular flexibility index (Phi) is 5.07. The van der Waals surface area contributed by atoms with Crippen molar-refractivity contribution < 1.29 is 9.59 Å². The maximum Gasteiger partial charge on any atom is 0.242 e. The van der Waals surface area contributed by atoms with Gasteiger partial charge in [-0.3, -0.25) is 9.59 Å². The highest BCUT2D eigenvalue weighted by Gasteiger charge is 2.35. The summed E-state index contributed by atoms with van der Waals surface area (Å²) in [5, 5.41) is 4.94. The summed E-state index contributed by atoms with van der Waals surface area (Å²) in [6.07, 6.45) is 7.31. The number of rotatable bonds is 7. The molecule has 3 rings (SSSR count). The number of nitrogens with one attached hydrogen (secondary N) is 1.